The molecule has 1 saturated carbocycles. The van der Waals surface area contributed by atoms with E-state index in [0.717, 1.165) is 17.8 Å². The quantitative estimate of drug-likeness (QED) is 0.450. The van der Waals surface area contributed by atoms with E-state index in [1.165, 1.54) is 55.6 Å². The van der Waals surface area contributed by atoms with Crippen molar-refractivity contribution in [1.82, 2.24) is 4.90 Å². The van der Waals surface area contributed by atoms with Gasteiger partial charge in [-0.1, -0.05) is 61.7 Å². The zero-order valence-corrected chi connectivity index (χ0v) is 21.2. The number of para-hydroxylation sites is 2. The molecular weight excluding hydrogens is 458 g/mol. The Morgan fingerprint density at radius 2 is 1.57 bits per heavy atom. The summed E-state index contributed by atoms with van der Waals surface area (Å²) < 4.78 is 27.6. The average molecular weight is 492 g/mol. The van der Waals surface area contributed by atoms with Gasteiger partial charge in [0.15, 0.2) is 0 Å². The maximum absolute atomic E-state index is 13.2. The first-order valence-corrected chi connectivity index (χ1v) is 13.5. The fourth-order valence-corrected chi connectivity index (χ4v) is 5.87. The molecule has 1 aliphatic carbocycles. The lowest BCUT2D eigenvalue weighted by Gasteiger charge is -2.31. The standard InChI is InChI=1S/C28H33N3O3S/c1-30(24-14-5-3-6-15-24)21-23-12-9-10-19-27(23)29-28(32)22-13-11-18-26(20-22)35(33,34)31(2)25-16-7-4-8-17-25/h4,7-13,16-20,24H,3,5-6,14-15,21H2,1-2H3,(H,29,32). The SMILES string of the molecule is CN(Cc1ccccc1NC(=O)c1cccc(S(=O)(=O)N(C)c2ccccc2)c1)C1CCCCC1. The van der Waals surface area contributed by atoms with Crippen LogP contribution in [0.25, 0.3) is 0 Å². The number of sulfonamides is 1. The molecule has 3 aromatic rings. The Kier molecular flexibility index (Phi) is 7.88. The maximum atomic E-state index is 13.2. The summed E-state index contributed by atoms with van der Waals surface area (Å²) in [6.07, 6.45) is 6.28. The van der Waals surface area contributed by atoms with Crippen molar-refractivity contribution < 1.29 is 13.2 Å². The molecule has 0 aromatic heterocycles. The second-order valence-electron chi connectivity index (χ2n) is 9.15. The second-order valence-corrected chi connectivity index (χ2v) is 11.1. The van der Waals surface area contributed by atoms with Gasteiger partial charge in [-0.25, -0.2) is 8.42 Å². The third kappa shape index (κ3) is 5.92. The first kappa shape index (κ1) is 24.9. The highest BCUT2D eigenvalue weighted by atomic mass is 32.2. The lowest BCUT2D eigenvalue weighted by atomic mass is 9.94. The number of hydrogen-bond acceptors (Lipinski definition) is 4. The summed E-state index contributed by atoms with van der Waals surface area (Å²) in [6.45, 7) is 0.747. The van der Waals surface area contributed by atoms with Crippen molar-refractivity contribution in [3.8, 4) is 0 Å². The molecule has 0 saturated heterocycles. The van der Waals surface area contributed by atoms with Crippen molar-refractivity contribution in [2.75, 3.05) is 23.7 Å². The normalized spacial score (nSPS) is 14.6. The topological polar surface area (TPSA) is 69.7 Å². The Morgan fingerprint density at radius 3 is 2.31 bits per heavy atom. The number of rotatable bonds is 8. The number of nitrogens with one attached hydrogen (secondary N) is 1. The average Bonchev–Trinajstić information content (AvgIpc) is 2.90. The minimum Gasteiger partial charge on any atom is -0.322 e. The summed E-state index contributed by atoms with van der Waals surface area (Å²) in [5.74, 6) is -0.336. The molecule has 1 fully saturated rings. The van der Waals surface area contributed by atoms with Gasteiger partial charge in [0.05, 0.1) is 10.6 Å². The van der Waals surface area contributed by atoms with E-state index < -0.39 is 10.0 Å². The molecule has 0 unspecified atom stereocenters. The zero-order valence-electron chi connectivity index (χ0n) is 20.4. The van der Waals surface area contributed by atoms with Crippen LogP contribution in [-0.2, 0) is 16.6 Å². The van der Waals surface area contributed by atoms with E-state index in [0.29, 0.717) is 17.3 Å². The number of benzene rings is 3. The fraction of sp³-hybridized carbons (Fsp3) is 0.321. The van der Waals surface area contributed by atoms with Crippen molar-refractivity contribution in [3.05, 3.63) is 90.0 Å². The van der Waals surface area contributed by atoms with Crippen molar-refractivity contribution >= 4 is 27.3 Å². The molecule has 0 atom stereocenters. The molecule has 35 heavy (non-hydrogen) atoms. The van der Waals surface area contributed by atoms with Gasteiger partial charge in [0, 0.05) is 30.9 Å². The van der Waals surface area contributed by atoms with E-state index in [1.807, 2.05) is 30.3 Å². The fourth-order valence-electron chi connectivity index (χ4n) is 4.63. The molecule has 4 rings (SSSR count). The first-order valence-electron chi connectivity index (χ1n) is 12.1. The Labute approximate surface area is 208 Å². The van der Waals surface area contributed by atoms with Crippen molar-refractivity contribution in [1.29, 1.82) is 0 Å². The Hall–Kier alpha value is -3.16. The van der Waals surface area contributed by atoms with E-state index in [9.17, 15) is 13.2 Å². The van der Waals surface area contributed by atoms with E-state index in [1.54, 1.807) is 36.4 Å². The van der Waals surface area contributed by atoms with Crippen LogP contribution in [0, 0.1) is 0 Å². The highest BCUT2D eigenvalue weighted by molar-refractivity contribution is 7.92. The second kappa shape index (κ2) is 11.1. The first-order chi connectivity index (χ1) is 16.9. The third-order valence-electron chi connectivity index (χ3n) is 6.76. The molecule has 0 aliphatic heterocycles. The lowest BCUT2D eigenvalue weighted by molar-refractivity contribution is 0.102. The Bertz CT molecular complexity index is 1260. The number of hydrogen-bond donors (Lipinski definition) is 1. The van der Waals surface area contributed by atoms with Gasteiger partial charge < -0.3 is 5.32 Å². The van der Waals surface area contributed by atoms with Crippen LogP contribution in [0.3, 0.4) is 0 Å². The number of carbonyl (C=O) groups excluding carboxylic acids is 1. The van der Waals surface area contributed by atoms with Crippen LogP contribution in [0.2, 0.25) is 0 Å². The van der Waals surface area contributed by atoms with Crippen molar-refractivity contribution in [2.24, 2.45) is 0 Å². The summed E-state index contributed by atoms with van der Waals surface area (Å²) in [4.78, 5) is 15.6. The minimum absolute atomic E-state index is 0.0711. The summed E-state index contributed by atoms with van der Waals surface area (Å²) in [5.41, 5.74) is 2.64. The van der Waals surface area contributed by atoms with E-state index in [-0.39, 0.29) is 10.8 Å². The van der Waals surface area contributed by atoms with Gasteiger partial charge in [-0.05, 0) is 61.9 Å². The predicted molar refractivity (Wildman–Crippen MR) is 141 cm³/mol. The summed E-state index contributed by atoms with van der Waals surface area (Å²) in [5, 5.41) is 3.00. The molecular formula is C28H33N3O3S. The third-order valence-corrected chi connectivity index (χ3v) is 8.54. The van der Waals surface area contributed by atoms with Crippen LogP contribution in [0.15, 0.2) is 83.8 Å². The van der Waals surface area contributed by atoms with Crippen LogP contribution in [-0.4, -0.2) is 39.4 Å². The largest absolute Gasteiger partial charge is 0.322 e. The minimum atomic E-state index is -3.81. The van der Waals surface area contributed by atoms with Gasteiger partial charge in [-0.15, -0.1) is 0 Å². The van der Waals surface area contributed by atoms with Crippen molar-refractivity contribution in [2.45, 2.75) is 49.6 Å². The molecule has 0 bridgehead atoms. The molecule has 0 radical (unpaired) electrons. The highest BCUT2D eigenvalue weighted by Gasteiger charge is 2.23. The Morgan fingerprint density at radius 1 is 0.886 bits per heavy atom. The summed E-state index contributed by atoms with van der Waals surface area (Å²) in [7, 11) is -0.155. The molecule has 1 amide bonds. The highest BCUT2D eigenvalue weighted by Crippen LogP contribution is 2.26. The van der Waals surface area contributed by atoms with Crippen LogP contribution < -0.4 is 9.62 Å². The Balaban J connectivity index is 1.51. The molecule has 1 N–H and O–H groups in total. The summed E-state index contributed by atoms with van der Waals surface area (Å²) >= 11 is 0. The van der Waals surface area contributed by atoms with E-state index in [2.05, 4.69) is 17.3 Å². The number of anilines is 2. The number of carbonyl (C=O) groups is 1. The van der Waals surface area contributed by atoms with Gasteiger partial charge >= 0.3 is 0 Å². The summed E-state index contributed by atoms with van der Waals surface area (Å²) in [6, 6.07) is 23.4. The zero-order chi connectivity index (χ0) is 24.8. The molecule has 1 aliphatic rings. The van der Waals surface area contributed by atoms with E-state index >= 15 is 0 Å². The van der Waals surface area contributed by atoms with Crippen LogP contribution in [0.4, 0.5) is 11.4 Å². The van der Waals surface area contributed by atoms with Crippen LogP contribution in [0.5, 0.6) is 0 Å². The number of nitrogens with zero attached hydrogens (tertiary/aromatic N) is 2. The molecule has 184 valence electrons. The van der Waals surface area contributed by atoms with Gasteiger partial charge in [0.25, 0.3) is 15.9 Å². The number of amides is 1. The maximum Gasteiger partial charge on any atom is 0.264 e. The van der Waals surface area contributed by atoms with Crippen LogP contribution >= 0.6 is 0 Å². The van der Waals surface area contributed by atoms with Gasteiger partial charge in [-0.3, -0.25) is 14.0 Å². The molecule has 6 nitrogen and oxygen atoms in total. The smallest absolute Gasteiger partial charge is 0.264 e. The van der Waals surface area contributed by atoms with E-state index in [4.69, 9.17) is 0 Å². The lowest BCUT2D eigenvalue weighted by Crippen LogP contribution is -2.33. The molecule has 0 spiro atoms. The monoisotopic (exact) mass is 491 g/mol. The molecule has 3 aromatic carbocycles. The van der Waals surface area contributed by atoms with Crippen LogP contribution in [0.1, 0.15) is 48.0 Å². The predicted octanol–water partition coefficient (Wildman–Crippen LogP) is 5.53. The van der Waals surface area contributed by atoms with Gasteiger partial charge in [0.1, 0.15) is 0 Å². The molecule has 0 heterocycles. The van der Waals surface area contributed by atoms with Gasteiger partial charge in [-0.2, -0.15) is 0 Å². The van der Waals surface area contributed by atoms with Gasteiger partial charge in [0.2, 0.25) is 0 Å². The molecule has 7 heteroatoms. The van der Waals surface area contributed by atoms with Crippen molar-refractivity contribution in [3.63, 3.8) is 0 Å².